The summed E-state index contributed by atoms with van der Waals surface area (Å²) in [5, 5.41) is 9.76. The number of nitrogens with one attached hydrogen (secondary N) is 2. The molecule has 0 saturated carbocycles. The first-order valence-electron chi connectivity index (χ1n) is 9.37. The summed E-state index contributed by atoms with van der Waals surface area (Å²) in [5.41, 5.74) is 1.72. The minimum atomic E-state index is -0.689. The molecule has 2 amide bonds. The van der Waals surface area contributed by atoms with Gasteiger partial charge < -0.3 is 10.6 Å². The van der Waals surface area contributed by atoms with Crippen LogP contribution in [-0.4, -0.2) is 17.9 Å². The van der Waals surface area contributed by atoms with Crippen molar-refractivity contribution in [3.63, 3.8) is 0 Å². The second-order valence-electron chi connectivity index (χ2n) is 6.71. The maximum Gasteiger partial charge on any atom is 0.262 e. The maximum atomic E-state index is 13.1. The van der Waals surface area contributed by atoms with E-state index in [1.54, 1.807) is 6.07 Å². The van der Waals surface area contributed by atoms with Crippen molar-refractivity contribution in [1.82, 2.24) is 5.32 Å². The summed E-state index contributed by atoms with van der Waals surface area (Å²) in [6.07, 6.45) is 0.411. The molecule has 0 fully saturated rings. The Morgan fingerprint density at radius 2 is 1.59 bits per heavy atom. The second-order valence-corrected chi connectivity index (χ2v) is 7.66. The van der Waals surface area contributed by atoms with E-state index in [-0.39, 0.29) is 11.8 Å². The van der Waals surface area contributed by atoms with Crippen LogP contribution in [0.2, 0.25) is 0 Å². The Kier molecular flexibility index (Phi) is 5.68. The van der Waals surface area contributed by atoms with Crippen molar-refractivity contribution < 1.29 is 9.59 Å². The minimum absolute atomic E-state index is 0.241. The van der Waals surface area contributed by atoms with Gasteiger partial charge in [0.25, 0.3) is 5.91 Å². The zero-order valence-corrected chi connectivity index (χ0v) is 16.5. The van der Waals surface area contributed by atoms with Crippen LogP contribution in [0.1, 0.15) is 15.2 Å². The molecular weight excluding hydrogens is 380 g/mol. The molecule has 0 saturated heterocycles. The lowest BCUT2D eigenvalue weighted by Crippen LogP contribution is -2.45. The van der Waals surface area contributed by atoms with Crippen molar-refractivity contribution in [2.45, 2.75) is 12.5 Å². The highest BCUT2D eigenvalue weighted by atomic mass is 32.1. The number of thiophene rings is 1. The average molecular weight is 401 g/mol. The molecule has 0 radical (unpaired) electrons. The van der Waals surface area contributed by atoms with Crippen LogP contribution in [0.5, 0.6) is 0 Å². The monoisotopic (exact) mass is 400 g/mol. The van der Waals surface area contributed by atoms with E-state index in [9.17, 15) is 9.59 Å². The predicted molar refractivity (Wildman–Crippen MR) is 118 cm³/mol. The van der Waals surface area contributed by atoms with E-state index < -0.39 is 6.04 Å². The van der Waals surface area contributed by atoms with Crippen molar-refractivity contribution in [3.05, 3.63) is 101 Å². The van der Waals surface area contributed by atoms with Gasteiger partial charge in [0.1, 0.15) is 6.04 Å². The molecule has 144 valence electrons. The zero-order chi connectivity index (χ0) is 20.1. The van der Waals surface area contributed by atoms with E-state index in [1.165, 1.54) is 11.3 Å². The Morgan fingerprint density at radius 1 is 0.828 bits per heavy atom. The van der Waals surface area contributed by atoms with Gasteiger partial charge in [-0.3, -0.25) is 9.59 Å². The van der Waals surface area contributed by atoms with E-state index in [1.807, 2.05) is 84.2 Å². The van der Waals surface area contributed by atoms with Gasteiger partial charge in [-0.05, 0) is 28.5 Å². The molecule has 0 aliphatic rings. The van der Waals surface area contributed by atoms with Crippen molar-refractivity contribution in [2.75, 3.05) is 5.32 Å². The highest BCUT2D eigenvalue weighted by Crippen LogP contribution is 2.23. The highest BCUT2D eigenvalue weighted by molar-refractivity contribution is 7.12. The van der Waals surface area contributed by atoms with E-state index in [2.05, 4.69) is 10.6 Å². The summed E-state index contributed by atoms with van der Waals surface area (Å²) >= 11 is 1.35. The Morgan fingerprint density at radius 3 is 2.38 bits per heavy atom. The summed E-state index contributed by atoms with van der Waals surface area (Å²) in [5.74, 6) is -0.482. The van der Waals surface area contributed by atoms with Crippen LogP contribution in [0.25, 0.3) is 10.8 Å². The standard InChI is InChI=1S/C24H20N2O2S/c27-23(25-20-13-6-11-18-10-4-5-12-19(18)20)21(16-17-8-2-1-3-9-17)26-24(28)22-14-7-15-29-22/h1-15,21H,16H2,(H,25,27)(H,26,28). The Hall–Kier alpha value is -3.44. The average Bonchev–Trinajstić information content (AvgIpc) is 3.29. The summed E-state index contributed by atoms with van der Waals surface area (Å²) in [4.78, 5) is 26.3. The molecule has 4 rings (SSSR count). The lowest BCUT2D eigenvalue weighted by atomic mass is 10.0. The lowest BCUT2D eigenvalue weighted by molar-refractivity contribution is -0.118. The van der Waals surface area contributed by atoms with Gasteiger partial charge in [-0.2, -0.15) is 0 Å². The summed E-state index contributed by atoms with van der Waals surface area (Å²) < 4.78 is 0. The first-order chi connectivity index (χ1) is 14.2. The minimum Gasteiger partial charge on any atom is -0.339 e. The molecule has 4 nitrogen and oxygen atoms in total. The van der Waals surface area contributed by atoms with Crippen LogP contribution in [0.3, 0.4) is 0 Å². The number of fused-ring (bicyclic) bond motifs is 1. The lowest BCUT2D eigenvalue weighted by Gasteiger charge is -2.19. The number of anilines is 1. The van der Waals surface area contributed by atoms with Crippen molar-refractivity contribution in [1.29, 1.82) is 0 Å². The van der Waals surface area contributed by atoms with Gasteiger partial charge in [0, 0.05) is 17.5 Å². The van der Waals surface area contributed by atoms with Gasteiger partial charge in [0.15, 0.2) is 0 Å². The molecule has 1 atom stereocenters. The molecule has 1 heterocycles. The van der Waals surface area contributed by atoms with E-state index in [0.717, 1.165) is 22.0 Å². The molecule has 2 N–H and O–H groups in total. The van der Waals surface area contributed by atoms with Gasteiger partial charge >= 0.3 is 0 Å². The van der Waals surface area contributed by atoms with Crippen LogP contribution < -0.4 is 10.6 Å². The number of rotatable bonds is 6. The van der Waals surface area contributed by atoms with Gasteiger partial charge in [0.05, 0.1) is 4.88 Å². The van der Waals surface area contributed by atoms with Crippen molar-refractivity contribution >= 4 is 39.6 Å². The van der Waals surface area contributed by atoms with Crippen LogP contribution >= 0.6 is 11.3 Å². The third-order valence-electron chi connectivity index (χ3n) is 4.70. The molecule has 1 aromatic heterocycles. The second kappa shape index (κ2) is 8.71. The first kappa shape index (κ1) is 18.9. The number of benzene rings is 3. The van der Waals surface area contributed by atoms with Crippen LogP contribution in [0, 0.1) is 0 Å². The number of amides is 2. The molecule has 0 aliphatic heterocycles. The molecule has 5 heteroatoms. The highest BCUT2D eigenvalue weighted by Gasteiger charge is 2.23. The third-order valence-corrected chi connectivity index (χ3v) is 5.57. The third kappa shape index (κ3) is 4.52. The van der Waals surface area contributed by atoms with Crippen molar-refractivity contribution in [3.8, 4) is 0 Å². The fourth-order valence-electron chi connectivity index (χ4n) is 3.25. The number of carbonyl (C=O) groups is 2. The molecular formula is C24H20N2O2S. The Labute approximate surface area is 173 Å². The maximum absolute atomic E-state index is 13.1. The van der Waals surface area contributed by atoms with Crippen molar-refractivity contribution in [2.24, 2.45) is 0 Å². The number of carbonyl (C=O) groups excluding carboxylic acids is 2. The molecule has 3 aromatic carbocycles. The molecule has 1 unspecified atom stereocenters. The van der Waals surface area contributed by atoms with Crippen LogP contribution in [-0.2, 0) is 11.2 Å². The number of hydrogen-bond acceptors (Lipinski definition) is 3. The largest absolute Gasteiger partial charge is 0.339 e. The summed E-state index contributed by atoms with van der Waals surface area (Å²) in [7, 11) is 0. The van der Waals surface area contributed by atoms with E-state index in [4.69, 9.17) is 0 Å². The summed E-state index contributed by atoms with van der Waals surface area (Å²) in [6, 6.07) is 26.3. The zero-order valence-electron chi connectivity index (χ0n) is 15.7. The predicted octanol–water partition coefficient (Wildman–Crippen LogP) is 4.88. The van der Waals surface area contributed by atoms with Crippen LogP contribution in [0.4, 0.5) is 5.69 Å². The number of hydrogen-bond donors (Lipinski definition) is 2. The molecule has 0 aliphatic carbocycles. The van der Waals surface area contributed by atoms with Gasteiger partial charge in [-0.1, -0.05) is 72.8 Å². The van der Waals surface area contributed by atoms with E-state index in [0.29, 0.717) is 11.3 Å². The fraction of sp³-hybridized carbons (Fsp3) is 0.0833. The normalized spacial score (nSPS) is 11.7. The van der Waals surface area contributed by atoms with Gasteiger partial charge in [-0.15, -0.1) is 11.3 Å². The molecule has 0 spiro atoms. The molecule has 0 bridgehead atoms. The van der Waals surface area contributed by atoms with E-state index >= 15 is 0 Å². The SMILES string of the molecule is O=C(NC(Cc1ccccc1)C(=O)Nc1cccc2ccccc12)c1cccs1. The Bertz CT molecular complexity index is 1120. The van der Waals surface area contributed by atoms with Gasteiger partial charge in [-0.25, -0.2) is 0 Å². The smallest absolute Gasteiger partial charge is 0.262 e. The van der Waals surface area contributed by atoms with Crippen LogP contribution in [0.15, 0.2) is 90.3 Å². The fourth-order valence-corrected chi connectivity index (χ4v) is 3.88. The summed E-state index contributed by atoms with van der Waals surface area (Å²) in [6.45, 7) is 0. The molecule has 29 heavy (non-hydrogen) atoms. The van der Waals surface area contributed by atoms with Gasteiger partial charge in [0.2, 0.25) is 5.91 Å². The first-order valence-corrected chi connectivity index (χ1v) is 10.3. The molecule has 4 aromatic rings. The quantitative estimate of drug-likeness (QED) is 0.485. The topological polar surface area (TPSA) is 58.2 Å². The Balaban J connectivity index is 1.58.